The van der Waals surface area contributed by atoms with Crippen molar-refractivity contribution < 1.29 is 0 Å². The molecule has 0 atom stereocenters. The number of aromatic nitrogens is 1. The number of rotatable bonds is 5. The SMILES string of the molecule is CN1CCN(CCCNn2c(=O)ccc3ccccc32)CC1. The van der Waals surface area contributed by atoms with Crippen LogP contribution in [-0.4, -0.2) is 60.8 Å². The number of fused-ring (bicyclic) bond motifs is 1. The molecule has 2 aromatic rings. The highest BCUT2D eigenvalue weighted by molar-refractivity contribution is 5.78. The Morgan fingerprint density at radius 3 is 2.64 bits per heavy atom. The van der Waals surface area contributed by atoms with E-state index in [4.69, 9.17) is 0 Å². The van der Waals surface area contributed by atoms with Crippen LogP contribution < -0.4 is 11.0 Å². The Bertz CT molecular complexity index is 674. The van der Waals surface area contributed by atoms with Crippen LogP contribution in [0.25, 0.3) is 10.9 Å². The average Bonchev–Trinajstić information content (AvgIpc) is 2.55. The van der Waals surface area contributed by atoms with Gasteiger partial charge in [0.2, 0.25) is 0 Å². The average molecular weight is 300 g/mol. The molecule has 1 aliphatic heterocycles. The van der Waals surface area contributed by atoms with E-state index in [9.17, 15) is 4.79 Å². The Morgan fingerprint density at radius 2 is 1.82 bits per heavy atom. The third-order valence-corrected chi connectivity index (χ3v) is 4.32. The summed E-state index contributed by atoms with van der Waals surface area (Å²) in [6, 6.07) is 11.5. The van der Waals surface area contributed by atoms with Crippen LogP contribution in [0.15, 0.2) is 41.2 Å². The van der Waals surface area contributed by atoms with Crippen molar-refractivity contribution in [1.29, 1.82) is 0 Å². The summed E-state index contributed by atoms with van der Waals surface area (Å²) in [6.45, 7) is 6.47. The third kappa shape index (κ3) is 3.48. The lowest BCUT2D eigenvalue weighted by Gasteiger charge is -2.32. The second-order valence-corrected chi connectivity index (χ2v) is 5.97. The van der Waals surface area contributed by atoms with Crippen molar-refractivity contribution in [1.82, 2.24) is 14.5 Å². The van der Waals surface area contributed by atoms with E-state index in [0.29, 0.717) is 0 Å². The molecule has 0 bridgehead atoms. The van der Waals surface area contributed by atoms with Gasteiger partial charge in [0.05, 0.1) is 5.52 Å². The predicted octanol–water partition coefficient (Wildman–Crippen LogP) is 1.18. The van der Waals surface area contributed by atoms with Crippen LogP contribution in [-0.2, 0) is 0 Å². The number of benzene rings is 1. The van der Waals surface area contributed by atoms with Crippen molar-refractivity contribution in [2.75, 3.05) is 51.7 Å². The van der Waals surface area contributed by atoms with Crippen molar-refractivity contribution in [3.63, 3.8) is 0 Å². The zero-order valence-corrected chi connectivity index (χ0v) is 13.2. The largest absolute Gasteiger partial charge is 0.323 e. The smallest absolute Gasteiger partial charge is 0.269 e. The topological polar surface area (TPSA) is 40.5 Å². The van der Waals surface area contributed by atoms with Crippen molar-refractivity contribution in [2.45, 2.75) is 6.42 Å². The van der Waals surface area contributed by atoms with Crippen molar-refractivity contribution in [3.8, 4) is 0 Å². The fourth-order valence-electron chi connectivity index (χ4n) is 2.91. The normalized spacial score (nSPS) is 17.0. The first kappa shape index (κ1) is 15.1. The summed E-state index contributed by atoms with van der Waals surface area (Å²) in [6.07, 6.45) is 1.04. The van der Waals surface area contributed by atoms with Gasteiger partial charge in [-0.3, -0.25) is 4.79 Å². The number of nitrogens with one attached hydrogen (secondary N) is 1. The lowest BCUT2D eigenvalue weighted by Crippen LogP contribution is -2.45. The van der Waals surface area contributed by atoms with Gasteiger partial charge in [0.1, 0.15) is 0 Å². The van der Waals surface area contributed by atoms with Crippen LogP contribution in [0.3, 0.4) is 0 Å². The first-order valence-corrected chi connectivity index (χ1v) is 7.99. The molecule has 5 nitrogen and oxygen atoms in total. The molecule has 1 N–H and O–H groups in total. The zero-order chi connectivity index (χ0) is 15.4. The summed E-state index contributed by atoms with van der Waals surface area (Å²) in [5, 5.41) is 1.08. The first-order chi connectivity index (χ1) is 10.7. The van der Waals surface area contributed by atoms with Gasteiger partial charge in [-0.05, 0) is 32.1 Å². The minimum Gasteiger partial charge on any atom is -0.323 e. The van der Waals surface area contributed by atoms with Gasteiger partial charge in [-0.25, -0.2) is 4.68 Å². The molecule has 0 aliphatic carbocycles. The lowest BCUT2D eigenvalue weighted by atomic mass is 10.2. The number of piperazine rings is 1. The molecule has 1 aromatic carbocycles. The molecule has 0 saturated carbocycles. The molecule has 118 valence electrons. The second kappa shape index (κ2) is 6.94. The molecule has 0 amide bonds. The second-order valence-electron chi connectivity index (χ2n) is 5.97. The number of pyridine rings is 1. The molecule has 2 heterocycles. The van der Waals surface area contributed by atoms with Crippen molar-refractivity contribution in [3.05, 3.63) is 46.8 Å². The summed E-state index contributed by atoms with van der Waals surface area (Å²) in [4.78, 5) is 16.9. The minimum atomic E-state index is -0.00158. The van der Waals surface area contributed by atoms with Gasteiger partial charge >= 0.3 is 0 Å². The van der Waals surface area contributed by atoms with Crippen LogP contribution in [0.4, 0.5) is 0 Å². The van der Waals surface area contributed by atoms with Crippen LogP contribution in [0.1, 0.15) is 6.42 Å². The first-order valence-electron chi connectivity index (χ1n) is 7.99. The summed E-state index contributed by atoms with van der Waals surface area (Å²) < 4.78 is 1.67. The number of nitrogens with zero attached hydrogens (tertiary/aromatic N) is 3. The highest BCUT2D eigenvalue weighted by atomic mass is 16.1. The van der Waals surface area contributed by atoms with E-state index in [1.165, 1.54) is 0 Å². The predicted molar refractivity (Wildman–Crippen MR) is 91.0 cm³/mol. The van der Waals surface area contributed by atoms with Gasteiger partial charge in [0.25, 0.3) is 5.56 Å². The number of para-hydroxylation sites is 1. The minimum absolute atomic E-state index is 0.00158. The zero-order valence-electron chi connectivity index (χ0n) is 13.2. The molecule has 1 aromatic heterocycles. The maximum atomic E-state index is 12.0. The number of likely N-dealkylation sites (N-methyl/N-ethyl adjacent to an activating group) is 1. The molecule has 22 heavy (non-hydrogen) atoms. The van der Waals surface area contributed by atoms with Gasteiger partial charge in [0, 0.05) is 44.2 Å². The molecule has 0 spiro atoms. The molecule has 5 heteroatoms. The summed E-state index contributed by atoms with van der Waals surface area (Å²) >= 11 is 0. The highest BCUT2D eigenvalue weighted by Gasteiger charge is 2.12. The molecule has 3 rings (SSSR count). The summed E-state index contributed by atoms with van der Waals surface area (Å²) in [7, 11) is 2.17. The van der Waals surface area contributed by atoms with E-state index in [1.807, 2.05) is 30.3 Å². The quantitative estimate of drug-likeness (QED) is 0.842. The van der Waals surface area contributed by atoms with E-state index < -0.39 is 0 Å². The molecule has 0 unspecified atom stereocenters. The van der Waals surface area contributed by atoms with E-state index in [1.54, 1.807) is 10.7 Å². The van der Waals surface area contributed by atoms with Gasteiger partial charge in [0.15, 0.2) is 0 Å². The Hall–Kier alpha value is -1.85. The van der Waals surface area contributed by atoms with Crippen molar-refractivity contribution >= 4 is 10.9 Å². The van der Waals surface area contributed by atoms with Crippen LogP contribution in [0, 0.1) is 0 Å². The van der Waals surface area contributed by atoms with E-state index in [0.717, 1.165) is 56.6 Å². The number of hydrogen-bond donors (Lipinski definition) is 1. The highest BCUT2D eigenvalue weighted by Crippen LogP contribution is 2.09. The van der Waals surface area contributed by atoms with Gasteiger partial charge in [-0.15, -0.1) is 0 Å². The van der Waals surface area contributed by atoms with E-state index >= 15 is 0 Å². The Labute approximate surface area is 131 Å². The van der Waals surface area contributed by atoms with E-state index in [2.05, 4.69) is 22.3 Å². The lowest BCUT2D eigenvalue weighted by molar-refractivity contribution is 0.153. The van der Waals surface area contributed by atoms with E-state index in [-0.39, 0.29) is 5.56 Å². The molecular weight excluding hydrogens is 276 g/mol. The molecule has 1 fully saturated rings. The van der Waals surface area contributed by atoms with Crippen LogP contribution in [0.2, 0.25) is 0 Å². The monoisotopic (exact) mass is 300 g/mol. The Balaban J connectivity index is 1.56. The summed E-state index contributed by atoms with van der Waals surface area (Å²) in [5.41, 5.74) is 4.21. The molecular formula is C17H24N4O. The standard InChI is InChI=1S/C17H24N4O/c1-19-11-13-20(14-12-19)10-4-9-18-21-16-6-3-2-5-15(16)7-8-17(21)22/h2-3,5-8,18H,4,9-14H2,1H3. The van der Waals surface area contributed by atoms with Gasteiger partial charge in [-0.2, -0.15) is 0 Å². The van der Waals surface area contributed by atoms with Crippen LogP contribution >= 0.6 is 0 Å². The maximum Gasteiger partial charge on any atom is 0.269 e. The van der Waals surface area contributed by atoms with Gasteiger partial charge < -0.3 is 15.2 Å². The number of hydrogen-bond acceptors (Lipinski definition) is 4. The Morgan fingerprint density at radius 1 is 1.05 bits per heavy atom. The fraction of sp³-hybridized carbons (Fsp3) is 0.471. The maximum absolute atomic E-state index is 12.0. The fourth-order valence-corrected chi connectivity index (χ4v) is 2.91. The third-order valence-electron chi connectivity index (χ3n) is 4.32. The Kier molecular flexibility index (Phi) is 4.75. The molecule has 1 aliphatic rings. The molecule has 0 radical (unpaired) electrons. The molecule has 1 saturated heterocycles. The van der Waals surface area contributed by atoms with Gasteiger partial charge in [-0.1, -0.05) is 18.2 Å². The summed E-state index contributed by atoms with van der Waals surface area (Å²) in [5.74, 6) is 0. The van der Waals surface area contributed by atoms with Crippen molar-refractivity contribution in [2.24, 2.45) is 0 Å². The van der Waals surface area contributed by atoms with Crippen LogP contribution in [0.5, 0.6) is 0 Å².